The van der Waals surface area contributed by atoms with Gasteiger partial charge in [0.25, 0.3) is 0 Å². The quantitative estimate of drug-likeness (QED) is 0.107. The molecule has 67 heavy (non-hydrogen) atoms. The first-order valence-corrected chi connectivity index (χ1v) is 21.8. The molecule has 1 N–H and O–H groups in total. The van der Waals surface area contributed by atoms with Crippen molar-refractivity contribution in [2.75, 3.05) is 4.90 Å². The molecule has 14 rings (SSSR count). The number of carbonyl (C=O) groups is 1. The number of fused-ring (bicyclic) bond motifs is 4. The number of aliphatic hydroxyl groups is 1. The second-order valence-electron chi connectivity index (χ2n) is 16.4. The van der Waals surface area contributed by atoms with Crippen molar-refractivity contribution in [1.82, 2.24) is 19.4 Å². The molecule has 0 spiro atoms. The van der Waals surface area contributed by atoms with Gasteiger partial charge in [0.05, 0.1) is 50.3 Å². The molecule has 0 unspecified atom stereocenters. The smallest absolute Gasteiger partial charge is 0.235 e. The average molecular weight is 1050 g/mol. The van der Waals surface area contributed by atoms with Crippen LogP contribution in [-0.4, -0.2) is 30.2 Å². The third kappa shape index (κ3) is 6.78. The van der Waals surface area contributed by atoms with Gasteiger partial charge in [0.2, 0.25) is 5.95 Å². The fourth-order valence-corrected chi connectivity index (χ4v) is 9.72. The number of rotatable bonds is 4. The predicted molar refractivity (Wildman–Crippen MR) is 268 cm³/mol. The zero-order chi connectivity index (χ0) is 44.5. The first-order valence-electron chi connectivity index (χ1n) is 21.8. The largest absolute Gasteiger partial charge is 0.512 e. The number of carbonyl (C=O) groups excluding carboxylic acids is 1. The maximum Gasteiger partial charge on any atom is 0.235 e. The Morgan fingerprint density at radius 1 is 0.582 bits per heavy atom. The van der Waals surface area contributed by atoms with Gasteiger partial charge in [-0.1, -0.05) is 109 Å². The SMILES string of the molecule is CC(=O)C=C(C)O.[Ir].[c-]1ccccc1-c1nccc2ccccc12.c1ccc(-c2nc(N3c4cccc5c6cccc7oc8ccc9c%10cccc3c%10n(c45)c9c8c76)nc3ccccc23)cc1. The number of furan rings is 1. The second kappa shape index (κ2) is 16.6. The van der Waals surface area contributed by atoms with Gasteiger partial charge in [0.15, 0.2) is 5.78 Å². The first-order chi connectivity index (χ1) is 32.4. The zero-order valence-corrected chi connectivity index (χ0v) is 38.6. The molecule has 0 saturated carbocycles. The molecule has 1 aliphatic heterocycles. The van der Waals surface area contributed by atoms with Crippen LogP contribution in [-0.2, 0) is 24.9 Å². The molecular weight excluding hydrogens is 1010 g/mol. The number of para-hydroxylation sites is 3. The van der Waals surface area contributed by atoms with Crippen LogP contribution >= 0.6 is 0 Å². The van der Waals surface area contributed by atoms with Crippen LogP contribution in [0.25, 0.3) is 104 Å². The Balaban J connectivity index is 0.000000171. The van der Waals surface area contributed by atoms with E-state index in [0.29, 0.717) is 5.95 Å². The number of aliphatic hydroxyl groups excluding tert-OH is 1. The second-order valence-corrected chi connectivity index (χ2v) is 16.4. The number of allylic oxidation sites excluding steroid dienone is 2. The number of hydrogen-bond acceptors (Lipinski definition) is 7. The van der Waals surface area contributed by atoms with Gasteiger partial charge in [0.1, 0.15) is 11.2 Å². The Morgan fingerprint density at radius 2 is 1.22 bits per heavy atom. The van der Waals surface area contributed by atoms with Crippen LogP contribution in [0.2, 0.25) is 0 Å². The van der Waals surface area contributed by atoms with Gasteiger partial charge >= 0.3 is 0 Å². The minimum absolute atomic E-state index is 0. The number of benzene rings is 8. The van der Waals surface area contributed by atoms with Crippen LogP contribution < -0.4 is 4.90 Å². The number of ketones is 1. The number of hydrogen-bond donors (Lipinski definition) is 1. The standard InChI is InChI=1S/C38H20N4O.C15H10N.C5H8O2.Ir/c1-2-9-21(10-3-1)34-26-11-4-5-15-27(26)39-38(40-34)41-28-16-6-13-23-22-12-8-18-30-32(22)33-31(43-30)20-19-25-24-14-7-17-29(41)36(24)42(35(23)28)37(25)33;1-2-7-13(8-3-1)15-14-9-5-4-6-12(14)10-11-16-15;1-4(6)3-5(2)7;/h1-20H;1-7,9-11H;3,6H,1-2H3;/q;-1;;. The van der Waals surface area contributed by atoms with Crippen molar-refractivity contribution in [2.24, 2.45) is 0 Å². The van der Waals surface area contributed by atoms with Crippen LogP contribution in [0, 0.1) is 6.07 Å². The fraction of sp³-hybridized carbons (Fsp3) is 0.0345. The molecule has 0 fully saturated rings. The number of anilines is 3. The third-order valence-electron chi connectivity index (χ3n) is 12.3. The molecule has 0 saturated heterocycles. The van der Waals surface area contributed by atoms with Gasteiger partial charge in [0, 0.05) is 64.9 Å². The van der Waals surface area contributed by atoms with E-state index in [2.05, 4.69) is 142 Å². The van der Waals surface area contributed by atoms with Crippen molar-refractivity contribution >= 4 is 105 Å². The van der Waals surface area contributed by atoms with Gasteiger partial charge in [-0.05, 0) is 78.2 Å². The Labute approximate surface area is 397 Å². The van der Waals surface area contributed by atoms with Crippen LogP contribution in [0.3, 0.4) is 0 Å². The first kappa shape index (κ1) is 41.5. The minimum atomic E-state index is -0.125. The zero-order valence-electron chi connectivity index (χ0n) is 36.2. The number of nitrogens with zero attached hydrogens (tertiary/aromatic N) is 5. The van der Waals surface area contributed by atoms with E-state index in [1.165, 1.54) is 68.5 Å². The van der Waals surface area contributed by atoms with E-state index in [9.17, 15) is 4.79 Å². The summed E-state index contributed by atoms with van der Waals surface area (Å²) in [5.41, 5.74) is 12.4. The van der Waals surface area contributed by atoms with Crippen molar-refractivity contribution < 1.29 is 34.4 Å². The van der Waals surface area contributed by atoms with Crippen LogP contribution in [0.5, 0.6) is 0 Å². The maximum absolute atomic E-state index is 10.0. The van der Waals surface area contributed by atoms with Crippen LogP contribution in [0.1, 0.15) is 13.8 Å². The molecule has 5 aromatic heterocycles. The average Bonchev–Trinajstić information content (AvgIpc) is 3.86. The van der Waals surface area contributed by atoms with Crippen molar-refractivity contribution in [2.45, 2.75) is 13.8 Å². The summed E-state index contributed by atoms with van der Waals surface area (Å²) in [5, 5.41) is 18.9. The van der Waals surface area contributed by atoms with E-state index in [1.807, 2.05) is 60.8 Å². The molecule has 8 aromatic carbocycles. The summed E-state index contributed by atoms with van der Waals surface area (Å²) in [5.74, 6) is 0.594. The van der Waals surface area contributed by atoms with Crippen LogP contribution in [0.15, 0.2) is 198 Å². The topological polar surface area (TPSA) is 96.8 Å². The molecule has 0 aliphatic carbocycles. The van der Waals surface area contributed by atoms with E-state index in [-0.39, 0.29) is 31.6 Å². The molecule has 1 aliphatic rings. The summed E-state index contributed by atoms with van der Waals surface area (Å²) >= 11 is 0. The van der Waals surface area contributed by atoms with Crippen molar-refractivity contribution in [3.05, 3.63) is 200 Å². The van der Waals surface area contributed by atoms with Gasteiger partial charge in [-0.3, -0.25) is 9.69 Å². The summed E-state index contributed by atoms with van der Waals surface area (Å²) in [7, 11) is 0. The Bertz CT molecular complexity index is 4060. The summed E-state index contributed by atoms with van der Waals surface area (Å²) in [6.07, 6.45) is 3.01. The van der Waals surface area contributed by atoms with Gasteiger partial charge in [-0.15, -0.1) is 35.9 Å². The molecule has 1 radical (unpaired) electrons. The van der Waals surface area contributed by atoms with E-state index in [1.54, 1.807) is 0 Å². The maximum atomic E-state index is 10.0. The van der Waals surface area contributed by atoms with E-state index >= 15 is 0 Å². The van der Waals surface area contributed by atoms with E-state index in [0.717, 1.165) is 67.0 Å². The third-order valence-corrected chi connectivity index (χ3v) is 12.3. The van der Waals surface area contributed by atoms with E-state index < -0.39 is 0 Å². The Hall–Kier alpha value is -8.23. The summed E-state index contributed by atoms with van der Waals surface area (Å²) < 4.78 is 8.90. The van der Waals surface area contributed by atoms with E-state index in [4.69, 9.17) is 19.5 Å². The summed E-state index contributed by atoms with van der Waals surface area (Å²) in [4.78, 5) is 27.3. The van der Waals surface area contributed by atoms with Gasteiger partial charge < -0.3 is 18.9 Å². The van der Waals surface area contributed by atoms with Gasteiger partial charge in [-0.25, -0.2) is 9.97 Å². The molecule has 8 nitrogen and oxygen atoms in total. The molecule has 0 amide bonds. The van der Waals surface area contributed by atoms with Crippen LogP contribution in [0.4, 0.5) is 17.3 Å². The molecule has 0 atom stereocenters. The van der Waals surface area contributed by atoms with Crippen molar-refractivity contribution in [3.63, 3.8) is 0 Å². The molecule has 6 heterocycles. The monoisotopic (exact) mass is 1050 g/mol. The molecule has 13 aromatic rings. The summed E-state index contributed by atoms with van der Waals surface area (Å²) in [6.45, 7) is 2.85. The Kier molecular flexibility index (Phi) is 10.3. The minimum Gasteiger partial charge on any atom is -0.512 e. The molecule has 0 bridgehead atoms. The van der Waals surface area contributed by atoms with Gasteiger partial charge in [-0.2, -0.15) is 0 Å². The fourth-order valence-electron chi connectivity index (χ4n) is 9.72. The number of pyridine rings is 1. The number of aromatic nitrogens is 4. The van der Waals surface area contributed by atoms with Crippen molar-refractivity contribution in [1.29, 1.82) is 0 Å². The molecular formula is C58H38IrN5O3-. The predicted octanol–water partition coefficient (Wildman–Crippen LogP) is 14.9. The molecule has 323 valence electrons. The normalized spacial score (nSPS) is 12.1. The van der Waals surface area contributed by atoms with Crippen molar-refractivity contribution in [3.8, 4) is 22.5 Å². The molecule has 9 heteroatoms. The Morgan fingerprint density at radius 3 is 1.96 bits per heavy atom. The summed E-state index contributed by atoms with van der Waals surface area (Å²) in [6, 6.07) is 64.1.